The van der Waals surface area contributed by atoms with Crippen LogP contribution in [0.2, 0.25) is 0 Å². The second kappa shape index (κ2) is 2.49. The highest BCUT2D eigenvalue weighted by atomic mass is 16.6. The molecule has 1 aliphatic rings. The quantitative estimate of drug-likeness (QED) is 0.511. The molecule has 1 rings (SSSR count). The van der Waals surface area contributed by atoms with E-state index >= 15 is 0 Å². The maximum Gasteiger partial charge on any atom is 0.0839 e. The molecule has 1 unspecified atom stereocenters. The number of epoxide rings is 1. The van der Waals surface area contributed by atoms with Crippen molar-refractivity contribution in [3.8, 4) is 0 Å². The summed E-state index contributed by atoms with van der Waals surface area (Å²) in [6.45, 7) is 4.35. The Labute approximate surface area is 51.0 Å². The van der Waals surface area contributed by atoms with E-state index in [1.807, 2.05) is 0 Å². The van der Waals surface area contributed by atoms with Crippen LogP contribution in [0.15, 0.2) is 0 Å². The Bertz CT molecular complexity index is 70.8. The van der Waals surface area contributed by atoms with Gasteiger partial charge in [-0.2, -0.15) is 0 Å². The molecule has 1 fully saturated rings. The van der Waals surface area contributed by atoms with Crippen LogP contribution in [0.25, 0.3) is 0 Å². The van der Waals surface area contributed by atoms with Crippen molar-refractivity contribution in [3.05, 3.63) is 0 Å². The summed E-state index contributed by atoms with van der Waals surface area (Å²) in [7, 11) is 0. The van der Waals surface area contributed by atoms with Crippen LogP contribution in [0.4, 0.5) is 0 Å². The molecule has 48 valence electrons. The zero-order chi connectivity index (χ0) is 5.98. The molecule has 0 N–H and O–H groups in total. The molecule has 0 radical (unpaired) electrons. The van der Waals surface area contributed by atoms with E-state index in [1.165, 1.54) is 19.3 Å². The van der Waals surface area contributed by atoms with Crippen molar-refractivity contribution in [2.24, 2.45) is 0 Å². The first kappa shape index (κ1) is 6.09. The number of ether oxygens (including phenoxy) is 1. The average Bonchev–Trinajstić information content (AvgIpc) is 2.42. The predicted octanol–water partition coefficient (Wildman–Crippen LogP) is 1.96. The van der Waals surface area contributed by atoms with E-state index in [1.54, 1.807) is 0 Å². The van der Waals surface area contributed by atoms with Crippen LogP contribution in [0.3, 0.4) is 0 Å². The summed E-state index contributed by atoms with van der Waals surface area (Å²) in [5.41, 5.74) is 0. The summed E-state index contributed by atoms with van der Waals surface area (Å²) in [6, 6.07) is 0. The molecule has 1 aliphatic heterocycles. The van der Waals surface area contributed by atoms with Gasteiger partial charge in [0.25, 0.3) is 0 Å². The summed E-state index contributed by atoms with van der Waals surface area (Å²) in [5, 5.41) is 0. The molecule has 0 aliphatic carbocycles. The third-order valence-corrected chi connectivity index (χ3v) is 1.68. The fourth-order valence-corrected chi connectivity index (χ4v) is 0.938. The average molecular weight is 114 g/mol. The second-order valence-corrected chi connectivity index (χ2v) is 2.52. The van der Waals surface area contributed by atoms with Crippen molar-refractivity contribution < 1.29 is 4.74 Å². The summed E-state index contributed by atoms with van der Waals surface area (Å²) in [4.78, 5) is 0. The van der Waals surface area contributed by atoms with Gasteiger partial charge in [0.2, 0.25) is 0 Å². The molecule has 0 spiro atoms. The van der Waals surface area contributed by atoms with E-state index in [2.05, 4.69) is 13.8 Å². The van der Waals surface area contributed by atoms with Crippen molar-refractivity contribution in [2.75, 3.05) is 0 Å². The lowest BCUT2D eigenvalue weighted by atomic mass is 10.2. The van der Waals surface area contributed by atoms with Gasteiger partial charge in [0.05, 0.1) is 12.2 Å². The van der Waals surface area contributed by atoms with Crippen LogP contribution in [0.5, 0.6) is 0 Å². The minimum absolute atomic E-state index is 0.571. The Balaban J connectivity index is 1.89. The van der Waals surface area contributed by atoms with Gasteiger partial charge in [-0.05, 0) is 13.3 Å². The molecule has 0 aromatic rings. The molecule has 2 atom stereocenters. The van der Waals surface area contributed by atoms with Crippen molar-refractivity contribution in [1.29, 1.82) is 0 Å². The van der Waals surface area contributed by atoms with Crippen LogP contribution in [-0.2, 0) is 4.74 Å². The van der Waals surface area contributed by atoms with Crippen molar-refractivity contribution in [3.63, 3.8) is 0 Å². The lowest BCUT2D eigenvalue weighted by Crippen LogP contribution is -1.87. The van der Waals surface area contributed by atoms with Gasteiger partial charge in [-0.1, -0.05) is 19.8 Å². The Morgan fingerprint density at radius 3 is 2.50 bits per heavy atom. The molecule has 1 nitrogen and oxygen atoms in total. The Morgan fingerprint density at radius 2 is 2.12 bits per heavy atom. The highest BCUT2D eigenvalue weighted by molar-refractivity contribution is 4.79. The van der Waals surface area contributed by atoms with Gasteiger partial charge >= 0.3 is 0 Å². The standard InChI is InChI=1S/C7H14O/c1-3-4-5-7-6(2)8-7/h6-7H,3-5H2,1-2H3/t6-,7?/m1/s1. The van der Waals surface area contributed by atoms with E-state index in [-0.39, 0.29) is 0 Å². The topological polar surface area (TPSA) is 12.5 Å². The highest BCUT2D eigenvalue weighted by Crippen LogP contribution is 2.25. The van der Waals surface area contributed by atoms with E-state index < -0.39 is 0 Å². The Morgan fingerprint density at radius 1 is 1.50 bits per heavy atom. The number of hydrogen-bond donors (Lipinski definition) is 0. The first-order valence-corrected chi connectivity index (χ1v) is 3.50. The molecule has 1 heterocycles. The minimum Gasteiger partial charge on any atom is -0.370 e. The molecular weight excluding hydrogens is 100 g/mol. The van der Waals surface area contributed by atoms with Gasteiger partial charge in [0.15, 0.2) is 0 Å². The zero-order valence-electron chi connectivity index (χ0n) is 5.68. The van der Waals surface area contributed by atoms with Crippen molar-refractivity contribution in [2.45, 2.75) is 45.3 Å². The molecule has 0 aromatic heterocycles. The van der Waals surface area contributed by atoms with Crippen LogP contribution in [0, 0.1) is 0 Å². The molecule has 1 heteroatoms. The summed E-state index contributed by atoms with van der Waals surface area (Å²) in [6.07, 6.45) is 5.09. The third kappa shape index (κ3) is 1.48. The van der Waals surface area contributed by atoms with E-state index in [0.29, 0.717) is 12.2 Å². The monoisotopic (exact) mass is 114 g/mol. The molecule has 0 aromatic carbocycles. The number of rotatable bonds is 3. The molecule has 8 heavy (non-hydrogen) atoms. The summed E-state index contributed by atoms with van der Waals surface area (Å²) in [5.74, 6) is 0. The van der Waals surface area contributed by atoms with Crippen LogP contribution in [0.1, 0.15) is 33.1 Å². The lowest BCUT2D eigenvalue weighted by molar-refractivity contribution is 0.366. The van der Waals surface area contributed by atoms with Crippen LogP contribution in [-0.4, -0.2) is 12.2 Å². The normalized spacial score (nSPS) is 35.2. The van der Waals surface area contributed by atoms with Crippen LogP contribution >= 0.6 is 0 Å². The third-order valence-electron chi connectivity index (χ3n) is 1.68. The molecular formula is C7H14O. The molecule has 0 saturated carbocycles. The fraction of sp³-hybridized carbons (Fsp3) is 1.00. The first-order chi connectivity index (χ1) is 3.84. The highest BCUT2D eigenvalue weighted by Gasteiger charge is 2.32. The van der Waals surface area contributed by atoms with E-state index in [4.69, 9.17) is 4.74 Å². The van der Waals surface area contributed by atoms with Gasteiger partial charge < -0.3 is 4.74 Å². The van der Waals surface area contributed by atoms with Crippen molar-refractivity contribution in [1.82, 2.24) is 0 Å². The maximum absolute atomic E-state index is 5.22. The molecule has 0 amide bonds. The van der Waals surface area contributed by atoms with Gasteiger partial charge in [-0.3, -0.25) is 0 Å². The minimum atomic E-state index is 0.571. The van der Waals surface area contributed by atoms with Gasteiger partial charge in [0, 0.05) is 0 Å². The van der Waals surface area contributed by atoms with Crippen LogP contribution < -0.4 is 0 Å². The molecule has 0 bridgehead atoms. The van der Waals surface area contributed by atoms with E-state index in [9.17, 15) is 0 Å². The maximum atomic E-state index is 5.22. The SMILES string of the molecule is CCCCC1O[C@@H]1C. The molecule has 1 saturated heterocycles. The van der Waals surface area contributed by atoms with Gasteiger partial charge in [0.1, 0.15) is 0 Å². The lowest BCUT2D eigenvalue weighted by Gasteiger charge is -1.87. The first-order valence-electron chi connectivity index (χ1n) is 3.50. The van der Waals surface area contributed by atoms with Gasteiger partial charge in [-0.15, -0.1) is 0 Å². The zero-order valence-corrected chi connectivity index (χ0v) is 5.68. The number of hydrogen-bond acceptors (Lipinski definition) is 1. The van der Waals surface area contributed by atoms with E-state index in [0.717, 1.165) is 0 Å². The van der Waals surface area contributed by atoms with Gasteiger partial charge in [-0.25, -0.2) is 0 Å². The Hall–Kier alpha value is -0.0400. The second-order valence-electron chi connectivity index (χ2n) is 2.52. The summed E-state index contributed by atoms with van der Waals surface area (Å²) < 4.78 is 5.22. The largest absolute Gasteiger partial charge is 0.370 e. The number of unbranched alkanes of at least 4 members (excludes halogenated alkanes) is 1. The predicted molar refractivity (Wildman–Crippen MR) is 33.9 cm³/mol. The summed E-state index contributed by atoms with van der Waals surface area (Å²) >= 11 is 0. The fourth-order valence-electron chi connectivity index (χ4n) is 0.938. The Kier molecular flexibility index (Phi) is 1.90. The smallest absolute Gasteiger partial charge is 0.0839 e. The van der Waals surface area contributed by atoms with Crippen molar-refractivity contribution >= 4 is 0 Å².